The van der Waals surface area contributed by atoms with Gasteiger partial charge in [0.1, 0.15) is 17.3 Å². The third kappa shape index (κ3) is 1.39. The van der Waals surface area contributed by atoms with E-state index in [0.29, 0.717) is 41.8 Å². The summed E-state index contributed by atoms with van der Waals surface area (Å²) in [6.07, 6.45) is 3.32. The molecule has 5 nitrogen and oxygen atoms in total. The molecule has 3 aliphatic rings. The quantitative estimate of drug-likeness (QED) is 0.905. The van der Waals surface area contributed by atoms with Gasteiger partial charge >= 0.3 is 0 Å². The number of fused-ring (bicyclic) bond motifs is 1. The molecule has 0 aliphatic heterocycles. The van der Waals surface area contributed by atoms with Crippen molar-refractivity contribution in [2.75, 3.05) is 11.9 Å². The predicted octanol–water partition coefficient (Wildman–Crippen LogP) is 1.71. The molecule has 104 valence electrons. The average molecular weight is 274 g/mol. The van der Waals surface area contributed by atoms with Crippen molar-refractivity contribution in [1.29, 1.82) is 0 Å². The van der Waals surface area contributed by atoms with Gasteiger partial charge in [0, 0.05) is 26.3 Å². The normalized spacial score (nSPS) is 30.8. The fourth-order valence-corrected chi connectivity index (χ4v) is 3.54. The van der Waals surface area contributed by atoms with Crippen molar-refractivity contribution in [3.63, 3.8) is 0 Å². The second-order valence-electron chi connectivity index (χ2n) is 6.18. The Morgan fingerprint density at radius 2 is 2.10 bits per heavy atom. The molecule has 0 amide bonds. The Morgan fingerprint density at radius 1 is 1.40 bits per heavy atom. The number of alkyl halides is 1. The molecule has 0 radical (unpaired) electrons. The second-order valence-corrected chi connectivity index (χ2v) is 6.18. The number of nitrogens with one attached hydrogen (secondary N) is 1. The summed E-state index contributed by atoms with van der Waals surface area (Å²) < 4.78 is 13.6. The van der Waals surface area contributed by atoms with Crippen LogP contribution in [-0.2, 0) is 0 Å². The molecule has 0 saturated heterocycles. The molecule has 2 bridgehead atoms. The van der Waals surface area contributed by atoms with Crippen molar-refractivity contribution in [1.82, 2.24) is 15.0 Å². The monoisotopic (exact) mass is 274 g/mol. The summed E-state index contributed by atoms with van der Waals surface area (Å²) in [6.45, 7) is 1.74. The lowest BCUT2D eigenvalue weighted by molar-refractivity contribution is -0.150. The molecule has 5 rings (SSSR count). The summed E-state index contributed by atoms with van der Waals surface area (Å²) >= 11 is 0. The van der Waals surface area contributed by atoms with Crippen molar-refractivity contribution < 1.29 is 4.39 Å². The van der Waals surface area contributed by atoms with Crippen molar-refractivity contribution >= 4 is 16.7 Å². The van der Waals surface area contributed by atoms with Gasteiger partial charge in [-0.2, -0.15) is 0 Å². The maximum Gasteiger partial charge on any atom is 0.258 e. The van der Waals surface area contributed by atoms with E-state index >= 15 is 0 Å². The average Bonchev–Trinajstić information content (AvgIpc) is 2.32. The van der Waals surface area contributed by atoms with Crippen molar-refractivity contribution in [2.45, 2.75) is 37.4 Å². The number of nitrogens with zero attached hydrogens (tertiary/aromatic N) is 3. The molecule has 2 heterocycles. The highest BCUT2D eigenvalue weighted by atomic mass is 19.1. The van der Waals surface area contributed by atoms with Gasteiger partial charge in [0.05, 0.1) is 22.6 Å². The fourth-order valence-electron chi connectivity index (χ4n) is 3.54. The summed E-state index contributed by atoms with van der Waals surface area (Å²) in [4.78, 5) is 25.3. The van der Waals surface area contributed by atoms with Crippen LogP contribution in [0, 0.1) is 6.92 Å². The molecule has 6 heteroatoms. The van der Waals surface area contributed by atoms with Crippen LogP contribution >= 0.6 is 0 Å². The Bertz CT molecular complexity index is 765. The number of H-pyrrole nitrogens is 1. The first-order valence-electron chi connectivity index (χ1n) is 6.70. The topological polar surface area (TPSA) is 61.9 Å². The molecule has 3 saturated carbocycles. The molecule has 0 spiro atoms. The first kappa shape index (κ1) is 11.8. The number of pyridine rings is 1. The Balaban J connectivity index is 1.76. The van der Waals surface area contributed by atoms with E-state index in [1.54, 1.807) is 19.2 Å². The molecule has 2 aromatic rings. The van der Waals surface area contributed by atoms with Crippen LogP contribution in [0.1, 0.15) is 25.1 Å². The molecular formula is C14H15FN4O. The van der Waals surface area contributed by atoms with Gasteiger partial charge in [0.25, 0.3) is 5.56 Å². The number of halogens is 1. The molecule has 0 aromatic carbocycles. The summed E-state index contributed by atoms with van der Waals surface area (Å²) in [6, 6.07) is 1.74. The smallest absolute Gasteiger partial charge is 0.258 e. The van der Waals surface area contributed by atoms with Gasteiger partial charge in [-0.05, 0) is 13.0 Å². The minimum Gasteiger partial charge on any atom is -0.354 e. The van der Waals surface area contributed by atoms with Gasteiger partial charge in [-0.3, -0.25) is 4.79 Å². The van der Waals surface area contributed by atoms with Crippen LogP contribution in [-0.4, -0.2) is 33.2 Å². The Labute approximate surface area is 114 Å². The van der Waals surface area contributed by atoms with Crippen molar-refractivity contribution in [3.05, 3.63) is 28.4 Å². The zero-order valence-electron chi connectivity index (χ0n) is 11.4. The Morgan fingerprint density at radius 3 is 2.75 bits per heavy atom. The van der Waals surface area contributed by atoms with Crippen LogP contribution in [0.4, 0.5) is 10.2 Å². The molecule has 0 atom stereocenters. The van der Waals surface area contributed by atoms with E-state index in [9.17, 15) is 9.18 Å². The minimum atomic E-state index is -0.943. The number of rotatable bonds is 2. The molecule has 3 aliphatic carbocycles. The maximum absolute atomic E-state index is 13.6. The number of hydrogen-bond acceptors (Lipinski definition) is 4. The Hall–Kier alpha value is -1.98. The summed E-state index contributed by atoms with van der Waals surface area (Å²) in [7, 11) is 1.92. The van der Waals surface area contributed by atoms with E-state index in [-0.39, 0.29) is 11.1 Å². The highest BCUT2D eigenvalue weighted by molar-refractivity contribution is 5.79. The molecule has 3 fully saturated rings. The first-order chi connectivity index (χ1) is 9.41. The largest absolute Gasteiger partial charge is 0.354 e. The van der Waals surface area contributed by atoms with E-state index in [4.69, 9.17) is 0 Å². The van der Waals surface area contributed by atoms with Gasteiger partial charge < -0.3 is 9.88 Å². The zero-order chi connectivity index (χ0) is 14.1. The maximum atomic E-state index is 13.6. The molecule has 20 heavy (non-hydrogen) atoms. The van der Waals surface area contributed by atoms with Gasteiger partial charge in [-0.15, -0.1) is 0 Å². The van der Waals surface area contributed by atoms with Crippen LogP contribution in [0.25, 0.3) is 10.9 Å². The van der Waals surface area contributed by atoms with E-state index in [1.807, 2.05) is 11.9 Å². The molecule has 0 unspecified atom stereocenters. The standard InChI is InChI=1S/C14H15FN4O/c1-8-17-10-4-16-11(3-9(10)12(20)18-8)19(2)14-5-13(15,6-14)7-14/h3-4H,5-7H2,1-2H3,(H,17,18,20). The van der Waals surface area contributed by atoms with Gasteiger partial charge in [0.2, 0.25) is 0 Å². The van der Waals surface area contributed by atoms with Crippen molar-refractivity contribution in [2.24, 2.45) is 0 Å². The van der Waals surface area contributed by atoms with Crippen LogP contribution in [0.2, 0.25) is 0 Å². The lowest BCUT2D eigenvalue weighted by Gasteiger charge is -2.69. The highest BCUT2D eigenvalue weighted by Crippen LogP contribution is 2.65. The van der Waals surface area contributed by atoms with Gasteiger partial charge in [-0.1, -0.05) is 0 Å². The van der Waals surface area contributed by atoms with Crippen LogP contribution < -0.4 is 10.5 Å². The predicted molar refractivity (Wildman–Crippen MR) is 73.7 cm³/mol. The number of aryl methyl sites for hydroxylation is 1. The lowest BCUT2D eigenvalue weighted by Crippen LogP contribution is -2.76. The molecule has 1 N–H and O–H groups in total. The van der Waals surface area contributed by atoms with Gasteiger partial charge in [0.15, 0.2) is 0 Å². The zero-order valence-corrected chi connectivity index (χ0v) is 11.4. The third-order valence-corrected chi connectivity index (χ3v) is 4.69. The van der Waals surface area contributed by atoms with E-state index in [0.717, 1.165) is 0 Å². The molecule has 2 aromatic heterocycles. The number of aromatic nitrogens is 3. The second kappa shape index (κ2) is 3.37. The minimum absolute atomic E-state index is 0.0969. The summed E-state index contributed by atoms with van der Waals surface area (Å²) in [5.74, 6) is 1.28. The highest BCUT2D eigenvalue weighted by Gasteiger charge is 2.71. The first-order valence-corrected chi connectivity index (χ1v) is 6.70. The van der Waals surface area contributed by atoms with Gasteiger partial charge in [-0.25, -0.2) is 14.4 Å². The van der Waals surface area contributed by atoms with Crippen LogP contribution in [0.3, 0.4) is 0 Å². The van der Waals surface area contributed by atoms with E-state index in [2.05, 4.69) is 15.0 Å². The Kier molecular flexibility index (Phi) is 1.99. The summed E-state index contributed by atoms with van der Waals surface area (Å²) in [5, 5.41) is 0.522. The number of hydrogen-bond donors (Lipinski definition) is 1. The van der Waals surface area contributed by atoms with E-state index < -0.39 is 5.67 Å². The SMILES string of the molecule is Cc1nc2cnc(N(C)C34CC(F)(C3)C4)cc2c(=O)[nH]1. The van der Waals surface area contributed by atoms with Crippen LogP contribution in [0.5, 0.6) is 0 Å². The fraction of sp³-hybridized carbons (Fsp3) is 0.500. The lowest BCUT2D eigenvalue weighted by atomic mass is 9.47. The molecular weight excluding hydrogens is 259 g/mol. The number of aromatic amines is 1. The van der Waals surface area contributed by atoms with Crippen LogP contribution in [0.15, 0.2) is 17.1 Å². The number of anilines is 1. The van der Waals surface area contributed by atoms with E-state index in [1.165, 1.54) is 0 Å². The van der Waals surface area contributed by atoms with Crippen molar-refractivity contribution in [3.8, 4) is 0 Å². The summed E-state index contributed by atoms with van der Waals surface area (Å²) in [5.41, 5.74) is -0.617. The third-order valence-electron chi connectivity index (χ3n) is 4.69.